The average Bonchev–Trinajstić information content (AvgIpc) is 2.50. The molecule has 7 nitrogen and oxygen atoms in total. The molecule has 1 rings (SSSR count). The Morgan fingerprint density at radius 3 is 2.67 bits per heavy atom. The summed E-state index contributed by atoms with van der Waals surface area (Å²) in [5.74, 6) is 1.81. The third-order valence-corrected chi connectivity index (χ3v) is 2.77. The molecule has 0 spiro atoms. The maximum Gasteiger partial charge on any atom is 0.242 e. The average molecular weight is 295 g/mol. The number of ether oxygens (including phenoxy) is 1. The van der Waals surface area contributed by atoms with Crippen molar-refractivity contribution >= 4 is 17.5 Å². The molecular weight excluding hydrogens is 270 g/mol. The van der Waals surface area contributed by atoms with Gasteiger partial charge in [-0.25, -0.2) is 9.97 Å². The molecule has 3 N–H and O–H groups in total. The molecule has 1 aromatic heterocycles. The maximum absolute atomic E-state index is 11.9. The molecule has 0 aliphatic rings. The molecule has 0 fully saturated rings. The molecule has 1 unspecified atom stereocenters. The maximum atomic E-state index is 11.9. The van der Waals surface area contributed by atoms with Crippen LogP contribution in [-0.2, 0) is 16.1 Å². The van der Waals surface area contributed by atoms with Crippen LogP contribution in [0.1, 0.15) is 33.0 Å². The smallest absolute Gasteiger partial charge is 0.242 e. The molecule has 1 amide bonds. The van der Waals surface area contributed by atoms with Gasteiger partial charge in [0.15, 0.2) is 5.82 Å². The van der Waals surface area contributed by atoms with Crippen LogP contribution in [0.3, 0.4) is 0 Å². The van der Waals surface area contributed by atoms with E-state index in [2.05, 4.69) is 25.9 Å². The Morgan fingerprint density at radius 1 is 1.33 bits per heavy atom. The summed E-state index contributed by atoms with van der Waals surface area (Å²) in [7, 11) is 1.79. The Hall–Kier alpha value is -1.89. The van der Waals surface area contributed by atoms with Crippen molar-refractivity contribution in [2.24, 2.45) is 0 Å². The molecule has 0 aliphatic carbocycles. The standard InChI is InChI=1S/C14H25N5O2/c1-5-7-16-14(20)10(3)17-12-8-11(15-4)18-13(19-12)9-21-6-2/h8,10H,5-7,9H2,1-4H3,(H,16,20)(H2,15,17,18,19). The van der Waals surface area contributed by atoms with Crippen LogP contribution in [0, 0.1) is 0 Å². The van der Waals surface area contributed by atoms with E-state index in [9.17, 15) is 4.79 Å². The highest BCUT2D eigenvalue weighted by atomic mass is 16.5. The van der Waals surface area contributed by atoms with Crippen molar-refractivity contribution in [3.8, 4) is 0 Å². The van der Waals surface area contributed by atoms with Crippen LogP contribution in [0.2, 0.25) is 0 Å². The summed E-state index contributed by atoms with van der Waals surface area (Å²) in [6.45, 7) is 7.35. The summed E-state index contributed by atoms with van der Waals surface area (Å²) in [5.41, 5.74) is 0. The van der Waals surface area contributed by atoms with Crippen LogP contribution in [0.15, 0.2) is 6.07 Å². The first-order valence-corrected chi connectivity index (χ1v) is 7.28. The third-order valence-electron chi connectivity index (χ3n) is 2.77. The van der Waals surface area contributed by atoms with E-state index >= 15 is 0 Å². The summed E-state index contributed by atoms with van der Waals surface area (Å²) in [5, 5.41) is 8.90. The molecule has 7 heteroatoms. The molecule has 0 radical (unpaired) electrons. The van der Waals surface area contributed by atoms with Crippen molar-refractivity contribution in [2.75, 3.05) is 30.8 Å². The number of carbonyl (C=O) groups excluding carboxylic acids is 1. The molecular formula is C14H25N5O2. The van der Waals surface area contributed by atoms with E-state index in [1.54, 1.807) is 20.0 Å². The van der Waals surface area contributed by atoms with E-state index in [-0.39, 0.29) is 11.9 Å². The molecule has 0 bridgehead atoms. The molecule has 0 saturated carbocycles. The van der Waals surface area contributed by atoms with Gasteiger partial charge in [0.2, 0.25) is 5.91 Å². The number of amides is 1. The van der Waals surface area contributed by atoms with E-state index in [1.807, 2.05) is 13.8 Å². The number of nitrogens with one attached hydrogen (secondary N) is 3. The summed E-state index contributed by atoms with van der Waals surface area (Å²) in [6.07, 6.45) is 0.911. The summed E-state index contributed by atoms with van der Waals surface area (Å²) < 4.78 is 5.32. The Bertz CT molecular complexity index is 453. The summed E-state index contributed by atoms with van der Waals surface area (Å²) in [4.78, 5) is 20.5. The van der Waals surface area contributed by atoms with Crippen molar-refractivity contribution in [1.29, 1.82) is 0 Å². The van der Waals surface area contributed by atoms with Gasteiger partial charge in [0.05, 0.1) is 0 Å². The highest BCUT2D eigenvalue weighted by Crippen LogP contribution is 2.12. The molecule has 1 aromatic rings. The Morgan fingerprint density at radius 2 is 2.05 bits per heavy atom. The topological polar surface area (TPSA) is 88.2 Å². The lowest BCUT2D eigenvalue weighted by Crippen LogP contribution is -2.38. The lowest BCUT2D eigenvalue weighted by Gasteiger charge is -2.15. The van der Waals surface area contributed by atoms with Crippen molar-refractivity contribution in [3.05, 3.63) is 11.9 Å². The number of hydrogen-bond acceptors (Lipinski definition) is 6. The summed E-state index contributed by atoms with van der Waals surface area (Å²) >= 11 is 0. The van der Waals surface area contributed by atoms with Crippen LogP contribution in [0.25, 0.3) is 0 Å². The van der Waals surface area contributed by atoms with Crippen molar-refractivity contribution in [2.45, 2.75) is 39.8 Å². The molecule has 21 heavy (non-hydrogen) atoms. The first kappa shape index (κ1) is 17.2. The number of nitrogens with zero attached hydrogens (tertiary/aromatic N) is 2. The van der Waals surface area contributed by atoms with Gasteiger partial charge in [-0.05, 0) is 20.3 Å². The minimum Gasteiger partial charge on any atom is -0.374 e. The van der Waals surface area contributed by atoms with Crippen LogP contribution < -0.4 is 16.0 Å². The predicted octanol–water partition coefficient (Wildman–Crippen LogP) is 1.38. The number of rotatable bonds is 9. The van der Waals surface area contributed by atoms with E-state index in [4.69, 9.17) is 4.74 Å². The van der Waals surface area contributed by atoms with E-state index < -0.39 is 0 Å². The fraction of sp³-hybridized carbons (Fsp3) is 0.643. The quantitative estimate of drug-likeness (QED) is 0.638. The number of hydrogen-bond donors (Lipinski definition) is 3. The lowest BCUT2D eigenvalue weighted by atomic mass is 10.3. The first-order chi connectivity index (χ1) is 10.1. The van der Waals surface area contributed by atoms with Crippen molar-refractivity contribution in [3.63, 3.8) is 0 Å². The minimum atomic E-state index is -0.365. The van der Waals surface area contributed by atoms with Crippen molar-refractivity contribution in [1.82, 2.24) is 15.3 Å². The van der Waals surface area contributed by atoms with Gasteiger partial charge >= 0.3 is 0 Å². The van der Waals surface area contributed by atoms with Crippen LogP contribution in [0.4, 0.5) is 11.6 Å². The zero-order valence-electron chi connectivity index (χ0n) is 13.2. The zero-order valence-corrected chi connectivity index (χ0v) is 13.2. The highest BCUT2D eigenvalue weighted by Gasteiger charge is 2.13. The van der Waals surface area contributed by atoms with Gasteiger partial charge < -0.3 is 20.7 Å². The molecule has 1 atom stereocenters. The first-order valence-electron chi connectivity index (χ1n) is 7.28. The van der Waals surface area contributed by atoms with Gasteiger partial charge in [-0.15, -0.1) is 0 Å². The van der Waals surface area contributed by atoms with E-state index in [0.717, 1.165) is 6.42 Å². The second-order valence-electron chi connectivity index (χ2n) is 4.60. The molecule has 0 aromatic carbocycles. The molecule has 0 saturated heterocycles. The zero-order chi connectivity index (χ0) is 15.7. The number of aromatic nitrogens is 2. The van der Waals surface area contributed by atoms with Gasteiger partial charge in [-0.1, -0.05) is 6.92 Å². The Labute approximate surface area is 125 Å². The second kappa shape index (κ2) is 9.12. The fourth-order valence-corrected chi connectivity index (χ4v) is 1.65. The highest BCUT2D eigenvalue weighted by molar-refractivity contribution is 5.83. The molecule has 0 aliphatic heterocycles. The van der Waals surface area contributed by atoms with Gasteiger partial charge in [0, 0.05) is 26.3 Å². The third kappa shape index (κ3) is 5.95. The van der Waals surface area contributed by atoms with Gasteiger partial charge in [-0.2, -0.15) is 0 Å². The Balaban J connectivity index is 2.74. The molecule has 118 valence electrons. The van der Waals surface area contributed by atoms with Crippen LogP contribution in [0.5, 0.6) is 0 Å². The second-order valence-corrected chi connectivity index (χ2v) is 4.60. The SMILES string of the molecule is CCCNC(=O)C(C)Nc1cc(NC)nc(COCC)n1. The van der Waals surface area contributed by atoms with Crippen molar-refractivity contribution < 1.29 is 9.53 Å². The lowest BCUT2D eigenvalue weighted by molar-refractivity contribution is -0.121. The summed E-state index contributed by atoms with van der Waals surface area (Å²) in [6, 6.07) is 1.40. The van der Waals surface area contributed by atoms with Gasteiger partial charge in [0.25, 0.3) is 0 Å². The van der Waals surface area contributed by atoms with Gasteiger partial charge in [0.1, 0.15) is 24.3 Å². The molecule has 1 heterocycles. The number of anilines is 2. The fourth-order valence-electron chi connectivity index (χ4n) is 1.65. The van der Waals surface area contributed by atoms with E-state index in [0.29, 0.717) is 37.2 Å². The normalized spacial score (nSPS) is 11.8. The minimum absolute atomic E-state index is 0.0483. The number of carbonyl (C=O) groups is 1. The predicted molar refractivity (Wildman–Crippen MR) is 83.3 cm³/mol. The van der Waals surface area contributed by atoms with Crippen LogP contribution >= 0.6 is 0 Å². The monoisotopic (exact) mass is 295 g/mol. The van der Waals surface area contributed by atoms with Gasteiger partial charge in [-0.3, -0.25) is 4.79 Å². The Kier molecular flexibility index (Phi) is 7.45. The van der Waals surface area contributed by atoms with E-state index in [1.165, 1.54) is 0 Å². The van der Waals surface area contributed by atoms with Crippen LogP contribution in [-0.4, -0.2) is 42.1 Å². The largest absolute Gasteiger partial charge is 0.374 e.